The molecule has 0 unspecified atom stereocenters. The Morgan fingerprint density at radius 2 is 2.00 bits per heavy atom. The number of aromatic nitrogens is 1. The fraction of sp³-hybridized carbons (Fsp3) is 0.263. The molecule has 1 aliphatic heterocycles. The molecule has 3 rings (SSSR count). The number of benzene rings is 1. The molecule has 2 aromatic rings. The number of hydrogen-bond acceptors (Lipinski definition) is 4. The molecule has 7 nitrogen and oxygen atoms in total. The zero-order chi connectivity index (χ0) is 18.5. The zero-order valence-electron chi connectivity index (χ0n) is 14.1. The minimum absolute atomic E-state index is 0.0428. The third-order valence-electron chi connectivity index (χ3n) is 4.28. The van der Waals surface area contributed by atoms with E-state index < -0.39 is 5.97 Å². The average Bonchev–Trinajstić information content (AvgIpc) is 3.09. The maximum atomic E-state index is 12.4. The zero-order valence-corrected chi connectivity index (χ0v) is 14.1. The first kappa shape index (κ1) is 17.6. The number of carboxylic acid groups (broad SMARTS) is 1. The summed E-state index contributed by atoms with van der Waals surface area (Å²) in [7, 11) is 0. The second-order valence-electron chi connectivity index (χ2n) is 6.02. The summed E-state index contributed by atoms with van der Waals surface area (Å²) < 4.78 is 0. The number of amides is 2. The van der Waals surface area contributed by atoms with Gasteiger partial charge in [0.2, 0.25) is 5.91 Å². The number of nitrogens with zero attached hydrogens (tertiary/aromatic N) is 2. The molecule has 2 amide bonds. The highest BCUT2D eigenvalue weighted by Crippen LogP contribution is 2.27. The van der Waals surface area contributed by atoms with Crippen molar-refractivity contribution in [1.29, 1.82) is 0 Å². The molecule has 0 aliphatic carbocycles. The van der Waals surface area contributed by atoms with Crippen LogP contribution in [0.2, 0.25) is 0 Å². The molecule has 0 spiro atoms. The van der Waals surface area contributed by atoms with E-state index in [1.54, 1.807) is 4.90 Å². The highest BCUT2D eigenvalue weighted by Gasteiger charge is 2.23. The number of carboxylic acids is 1. The van der Waals surface area contributed by atoms with Crippen LogP contribution >= 0.6 is 0 Å². The predicted molar refractivity (Wildman–Crippen MR) is 95.3 cm³/mol. The third-order valence-corrected chi connectivity index (χ3v) is 4.28. The molecule has 0 saturated carbocycles. The van der Waals surface area contributed by atoms with Crippen molar-refractivity contribution in [2.75, 3.05) is 18.0 Å². The van der Waals surface area contributed by atoms with E-state index in [0.29, 0.717) is 25.9 Å². The van der Waals surface area contributed by atoms with Gasteiger partial charge in [0, 0.05) is 37.0 Å². The minimum Gasteiger partial charge on any atom is -0.477 e. The van der Waals surface area contributed by atoms with Crippen LogP contribution in [0.5, 0.6) is 0 Å². The van der Waals surface area contributed by atoms with Gasteiger partial charge in [-0.25, -0.2) is 9.78 Å². The van der Waals surface area contributed by atoms with E-state index in [0.717, 1.165) is 12.1 Å². The van der Waals surface area contributed by atoms with Gasteiger partial charge in [0.25, 0.3) is 5.91 Å². The van der Waals surface area contributed by atoms with Gasteiger partial charge in [0.15, 0.2) is 0 Å². The monoisotopic (exact) mass is 353 g/mol. The summed E-state index contributed by atoms with van der Waals surface area (Å²) in [4.78, 5) is 40.8. The first-order valence-corrected chi connectivity index (χ1v) is 8.42. The van der Waals surface area contributed by atoms with Gasteiger partial charge in [-0.2, -0.15) is 0 Å². The number of fused-ring (bicyclic) bond motifs is 1. The van der Waals surface area contributed by atoms with Crippen molar-refractivity contribution in [2.24, 2.45) is 0 Å². The van der Waals surface area contributed by atoms with Crippen molar-refractivity contribution in [1.82, 2.24) is 10.3 Å². The molecule has 1 aliphatic rings. The van der Waals surface area contributed by atoms with E-state index >= 15 is 0 Å². The molecule has 0 bridgehead atoms. The quantitative estimate of drug-likeness (QED) is 0.773. The molecule has 0 saturated heterocycles. The van der Waals surface area contributed by atoms with Crippen molar-refractivity contribution < 1.29 is 19.5 Å². The van der Waals surface area contributed by atoms with E-state index in [4.69, 9.17) is 5.11 Å². The summed E-state index contributed by atoms with van der Waals surface area (Å²) >= 11 is 0. The van der Waals surface area contributed by atoms with Gasteiger partial charge >= 0.3 is 5.97 Å². The highest BCUT2D eigenvalue weighted by molar-refractivity contribution is 5.97. The molecule has 1 aromatic carbocycles. The summed E-state index contributed by atoms with van der Waals surface area (Å²) in [6.45, 7) is 1.03. The number of nitrogens with one attached hydrogen (secondary N) is 1. The Labute approximate surface area is 150 Å². The Kier molecular flexibility index (Phi) is 5.26. The summed E-state index contributed by atoms with van der Waals surface area (Å²) in [5.74, 6) is -1.52. The Morgan fingerprint density at radius 3 is 2.81 bits per heavy atom. The maximum Gasteiger partial charge on any atom is 0.354 e. The summed E-state index contributed by atoms with van der Waals surface area (Å²) in [6.07, 6.45) is 3.00. The number of rotatable bonds is 6. The molecule has 1 aromatic heterocycles. The van der Waals surface area contributed by atoms with Gasteiger partial charge in [-0.05, 0) is 36.6 Å². The first-order valence-electron chi connectivity index (χ1n) is 8.42. The van der Waals surface area contributed by atoms with Crippen LogP contribution in [0.15, 0.2) is 42.6 Å². The highest BCUT2D eigenvalue weighted by atomic mass is 16.4. The van der Waals surface area contributed by atoms with Gasteiger partial charge in [-0.15, -0.1) is 0 Å². The van der Waals surface area contributed by atoms with Crippen LogP contribution in [0.25, 0.3) is 0 Å². The topological polar surface area (TPSA) is 99.6 Å². The van der Waals surface area contributed by atoms with Crippen LogP contribution in [0, 0.1) is 0 Å². The van der Waals surface area contributed by atoms with E-state index in [1.807, 2.05) is 24.3 Å². The maximum absolute atomic E-state index is 12.4. The number of carbonyl (C=O) groups is 3. The van der Waals surface area contributed by atoms with E-state index in [9.17, 15) is 14.4 Å². The van der Waals surface area contributed by atoms with Crippen LogP contribution in [0.1, 0.15) is 39.3 Å². The summed E-state index contributed by atoms with van der Waals surface area (Å²) in [5.41, 5.74) is 2.21. The number of para-hydroxylation sites is 1. The van der Waals surface area contributed by atoms with Crippen molar-refractivity contribution in [3.8, 4) is 0 Å². The molecular formula is C19H19N3O4. The van der Waals surface area contributed by atoms with Crippen LogP contribution in [-0.4, -0.2) is 41.0 Å². The molecule has 2 heterocycles. The Balaban J connectivity index is 1.47. The fourth-order valence-electron chi connectivity index (χ4n) is 2.96. The van der Waals surface area contributed by atoms with Crippen molar-refractivity contribution in [3.05, 3.63) is 59.4 Å². The molecule has 26 heavy (non-hydrogen) atoms. The van der Waals surface area contributed by atoms with E-state index in [2.05, 4.69) is 10.3 Å². The van der Waals surface area contributed by atoms with Crippen molar-refractivity contribution in [3.63, 3.8) is 0 Å². The van der Waals surface area contributed by atoms with E-state index in [1.165, 1.54) is 23.9 Å². The lowest BCUT2D eigenvalue weighted by Crippen LogP contribution is -2.30. The molecule has 134 valence electrons. The molecule has 0 atom stereocenters. The number of pyridine rings is 1. The standard InChI is InChI=1S/C19H19N3O4/c23-17(22-11-8-13-4-1-2-5-16(13)22)6-3-9-21-18(24)14-7-10-20-15(12-14)19(25)26/h1-2,4-5,7,10,12H,3,6,8-9,11H2,(H,21,24)(H,25,26). The second-order valence-corrected chi connectivity index (χ2v) is 6.02. The second kappa shape index (κ2) is 7.77. The number of carbonyl (C=O) groups excluding carboxylic acids is 2. The number of hydrogen-bond donors (Lipinski definition) is 2. The molecule has 2 N–H and O–H groups in total. The molecule has 0 radical (unpaired) electrons. The smallest absolute Gasteiger partial charge is 0.354 e. The SMILES string of the molecule is O=C(NCCCC(=O)N1CCc2ccccc21)c1ccnc(C(=O)O)c1. The average molecular weight is 353 g/mol. The predicted octanol–water partition coefficient (Wildman–Crippen LogP) is 1.88. The Bertz CT molecular complexity index is 850. The van der Waals surface area contributed by atoms with E-state index in [-0.39, 0.29) is 23.1 Å². The lowest BCUT2D eigenvalue weighted by Gasteiger charge is -2.17. The van der Waals surface area contributed by atoms with Crippen molar-refractivity contribution >= 4 is 23.5 Å². The third kappa shape index (κ3) is 3.88. The number of aromatic carboxylic acids is 1. The lowest BCUT2D eigenvalue weighted by atomic mass is 10.2. The van der Waals surface area contributed by atoms with Crippen molar-refractivity contribution in [2.45, 2.75) is 19.3 Å². The number of anilines is 1. The lowest BCUT2D eigenvalue weighted by molar-refractivity contribution is -0.118. The van der Waals surface area contributed by atoms with Crippen LogP contribution < -0.4 is 10.2 Å². The van der Waals surface area contributed by atoms with Gasteiger partial charge < -0.3 is 15.3 Å². The first-order chi connectivity index (χ1) is 12.6. The Hall–Kier alpha value is -3.22. The molecule has 0 fully saturated rings. The minimum atomic E-state index is -1.18. The summed E-state index contributed by atoms with van der Waals surface area (Å²) in [6, 6.07) is 10.6. The molecule has 7 heteroatoms. The van der Waals surface area contributed by atoms with Gasteiger partial charge in [0.05, 0.1) is 0 Å². The van der Waals surface area contributed by atoms with Gasteiger partial charge in [0.1, 0.15) is 5.69 Å². The van der Waals surface area contributed by atoms with Gasteiger partial charge in [-0.3, -0.25) is 9.59 Å². The fourth-order valence-corrected chi connectivity index (χ4v) is 2.96. The van der Waals surface area contributed by atoms with Crippen LogP contribution in [0.3, 0.4) is 0 Å². The summed E-state index contributed by atoms with van der Waals surface area (Å²) in [5, 5.41) is 11.6. The van der Waals surface area contributed by atoms with Crippen LogP contribution in [0.4, 0.5) is 5.69 Å². The largest absolute Gasteiger partial charge is 0.477 e. The van der Waals surface area contributed by atoms with Crippen LogP contribution in [-0.2, 0) is 11.2 Å². The Morgan fingerprint density at radius 1 is 1.19 bits per heavy atom. The van der Waals surface area contributed by atoms with Gasteiger partial charge in [-0.1, -0.05) is 18.2 Å². The molecular weight excluding hydrogens is 334 g/mol. The normalized spacial score (nSPS) is 12.5.